The Hall–Kier alpha value is -2.59. The van der Waals surface area contributed by atoms with Gasteiger partial charge in [0.2, 0.25) is 15.9 Å². The molecule has 0 aromatic heterocycles. The Bertz CT molecular complexity index is 1010. The number of aryl methyl sites for hydroxylation is 2. The number of likely N-dealkylation sites (N-methyl/N-ethyl adjacent to an activating group) is 1. The number of hydrogen-bond donors (Lipinski definition) is 1. The zero-order valence-corrected chi connectivity index (χ0v) is 16.3. The first-order chi connectivity index (χ1) is 13.5. The molecule has 1 aliphatic carbocycles. The number of fused-ring (bicyclic) bond motifs is 1. The lowest BCUT2D eigenvalue weighted by atomic mass is 10.1. The summed E-state index contributed by atoms with van der Waals surface area (Å²) in [5.41, 5.74) is 2.36. The first-order valence-corrected chi connectivity index (χ1v) is 10.2. The number of halogens is 3. The van der Waals surface area contributed by atoms with Crippen LogP contribution in [0.25, 0.3) is 0 Å². The summed E-state index contributed by atoms with van der Waals surface area (Å²) in [5.74, 6) is -1.05. The second kappa shape index (κ2) is 8.03. The van der Waals surface area contributed by atoms with Crippen molar-refractivity contribution in [1.29, 1.82) is 0 Å². The highest BCUT2D eigenvalue weighted by Crippen LogP contribution is 2.26. The summed E-state index contributed by atoms with van der Waals surface area (Å²) in [5, 5.41) is 2.45. The van der Waals surface area contributed by atoms with Gasteiger partial charge in [0.25, 0.3) is 0 Å². The van der Waals surface area contributed by atoms with E-state index in [1.165, 1.54) is 25.2 Å². The van der Waals surface area contributed by atoms with Crippen molar-refractivity contribution < 1.29 is 31.1 Å². The fourth-order valence-electron chi connectivity index (χ4n) is 3.12. The number of alkyl halides is 3. The average molecular weight is 428 g/mol. The average Bonchev–Trinajstić information content (AvgIpc) is 3.09. The van der Waals surface area contributed by atoms with E-state index in [2.05, 4.69) is 10.1 Å². The van der Waals surface area contributed by atoms with Crippen LogP contribution in [0.2, 0.25) is 0 Å². The molecule has 1 N–H and O–H groups in total. The van der Waals surface area contributed by atoms with Crippen molar-refractivity contribution >= 4 is 21.6 Å². The summed E-state index contributed by atoms with van der Waals surface area (Å²) < 4.78 is 66.6. The van der Waals surface area contributed by atoms with Gasteiger partial charge in [-0.2, -0.15) is 4.31 Å². The van der Waals surface area contributed by atoms with Crippen LogP contribution in [0.1, 0.15) is 17.5 Å². The topological polar surface area (TPSA) is 75.7 Å². The maximum absolute atomic E-state index is 12.7. The molecule has 0 aliphatic heterocycles. The molecule has 0 heterocycles. The molecule has 0 saturated carbocycles. The summed E-state index contributed by atoms with van der Waals surface area (Å²) in [6.45, 7) is -0.444. The third kappa shape index (κ3) is 5.27. The van der Waals surface area contributed by atoms with Crippen LogP contribution in [0.5, 0.6) is 5.75 Å². The molecule has 0 radical (unpaired) electrons. The lowest BCUT2D eigenvalue weighted by Crippen LogP contribution is -2.35. The Morgan fingerprint density at radius 2 is 1.76 bits per heavy atom. The van der Waals surface area contributed by atoms with Gasteiger partial charge in [0.1, 0.15) is 5.75 Å². The molecule has 2 aromatic rings. The van der Waals surface area contributed by atoms with Gasteiger partial charge in [0.05, 0.1) is 11.4 Å². The number of ether oxygens (including phenoxy) is 1. The van der Waals surface area contributed by atoms with Crippen LogP contribution in [-0.2, 0) is 27.7 Å². The number of amides is 1. The molecular weight excluding hydrogens is 409 g/mol. The molecule has 1 amide bonds. The summed E-state index contributed by atoms with van der Waals surface area (Å²) in [6.07, 6.45) is -2.05. The Morgan fingerprint density at radius 3 is 2.41 bits per heavy atom. The van der Waals surface area contributed by atoms with E-state index in [-0.39, 0.29) is 10.6 Å². The van der Waals surface area contributed by atoms with Crippen LogP contribution in [0.4, 0.5) is 18.9 Å². The molecule has 0 spiro atoms. The molecule has 3 rings (SSSR count). The number of carbonyl (C=O) groups is 1. The highest BCUT2D eigenvalue weighted by Gasteiger charge is 2.31. The maximum atomic E-state index is 12.7. The highest BCUT2D eigenvalue weighted by molar-refractivity contribution is 7.89. The van der Waals surface area contributed by atoms with E-state index in [1.807, 2.05) is 0 Å². The first-order valence-electron chi connectivity index (χ1n) is 8.78. The molecule has 0 fully saturated rings. The predicted octanol–water partition coefficient (Wildman–Crippen LogP) is 3.33. The van der Waals surface area contributed by atoms with Gasteiger partial charge in [0.15, 0.2) is 0 Å². The lowest BCUT2D eigenvalue weighted by Gasteiger charge is -2.17. The van der Waals surface area contributed by atoms with E-state index in [4.69, 9.17) is 0 Å². The summed E-state index contributed by atoms with van der Waals surface area (Å²) in [4.78, 5) is 12.3. The number of benzene rings is 2. The second-order valence-corrected chi connectivity index (χ2v) is 8.71. The summed E-state index contributed by atoms with van der Waals surface area (Å²) >= 11 is 0. The number of sulfonamides is 1. The zero-order chi connectivity index (χ0) is 21.2. The standard InChI is InChI=1S/C19H19F3N2O4S/c1-24(29(26,27)17-10-5-13-3-2-4-14(13)11-17)12-18(25)23-15-6-8-16(9-7-15)28-19(20,21)22/h5-11H,2-4,12H2,1H3,(H,23,25). The van der Waals surface area contributed by atoms with Crippen molar-refractivity contribution in [3.63, 3.8) is 0 Å². The smallest absolute Gasteiger partial charge is 0.406 e. The monoisotopic (exact) mass is 428 g/mol. The third-order valence-corrected chi connectivity index (χ3v) is 6.32. The number of rotatable bonds is 6. The Labute approximate surface area is 166 Å². The number of carbonyl (C=O) groups excluding carboxylic acids is 1. The molecule has 156 valence electrons. The fraction of sp³-hybridized carbons (Fsp3) is 0.316. The SMILES string of the molecule is CN(CC(=O)Nc1ccc(OC(F)(F)F)cc1)S(=O)(=O)c1ccc2c(c1)CCC2. The zero-order valence-electron chi connectivity index (χ0n) is 15.5. The number of anilines is 1. The van der Waals surface area contributed by atoms with E-state index in [0.717, 1.165) is 46.8 Å². The largest absolute Gasteiger partial charge is 0.573 e. The molecular formula is C19H19F3N2O4S. The fourth-order valence-corrected chi connectivity index (χ4v) is 4.29. The number of hydrogen-bond acceptors (Lipinski definition) is 4. The lowest BCUT2D eigenvalue weighted by molar-refractivity contribution is -0.274. The van der Waals surface area contributed by atoms with E-state index < -0.39 is 34.6 Å². The maximum Gasteiger partial charge on any atom is 0.573 e. The first kappa shape index (κ1) is 21.1. The molecule has 0 atom stereocenters. The molecule has 1 aliphatic rings. The van der Waals surface area contributed by atoms with Crippen molar-refractivity contribution in [3.05, 3.63) is 53.6 Å². The molecule has 10 heteroatoms. The van der Waals surface area contributed by atoms with Crippen molar-refractivity contribution in [2.24, 2.45) is 0 Å². The molecule has 6 nitrogen and oxygen atoms in total. The van der Waals surface area contributed by atoms with Crippen molar-refractivity contribution in [2.75, 3.05) is 18.9 Å². The Morgan fingerprint density at radius 1 is 1.10 bits per heavy atom. The molecule has 2 aromatic carbocycles. The highest BCUT2D eigenvalue weighted by atomic mass is 32.2. The summed E-state index contributed by atoms with van der Waals surface area (Å²) in [6, 6.07) is 9.54. The third-order valence-electron chi connectivity index (χ3n) is 4.52. The molecule has 0 saturated heterocycles. The van der Waals surface area contributed by atoms with Crippen LogP contribution in [0.3, 0.4) is 0 Å². The number of nitrogens with zero attached hydrogens (tertiary/aromatic N) is 1. The van der Waals surface area contributed by atoms with Crippen LogP contribution < -0.4 is 10.1 Å². The van der Waals surface area contributed by atoms with E-state index in [0.29, 0.717) is 0 Å². The van der Waals surface area contributed by atoms with Gasteiger partial charge in [-0.05, 0) is 66.8 Å². The van der Waals surface area contributed by atoms with Gasteiger partial charge in [-0.3, -0.25) is 4.79 Å². The van der Waals surface area contributed by atoms with Gasteiger partial charge in [-0.15, -0.1) is 13.2 Å². The van der Waals surface area contributed by atoms with Gasteiger partial charge < -0.3 is 10.1 Å². The molecule has 29 heavy (non-hydrogen) atoms. The van der Waals surface area contributed by atoms with E-state index in [1.54, 1.807) is 12.1 Å². The quantitative estimate of drug-likeness (QED) is 0.766. The van der Waals surface area contributed by atoms with Crippen molar-refractivity contribution in [2.45, 2.75) is 30.5 Å². The molecule has 0 bridgehead atoms. The van der Waals surface area contributed by atoms with Crippen LogP contribution in [0.15, 0.2) is 47.4 Å². The minimum absolute atomic E-state index is 0.127. The molecule has 0 unspecified atom stereocenters. The number of nitrogens with one attached hydrogen (secondary N) is 1. The Balaban J connectivity index is 1.62. The van der Waals surface area contributed by atoms with Crippen molar-refractivity contribution in [1.82, 2.24) is 4.31 Å². The van der Waals surface area contributed by atoms with Gasteiger partial charge in [-0.25, -0.2) is 8.42 Å². The minimum atomic E-state index is -4.81. The van der Waals surface area contributed by atoms with Crippen LogP contribution >= 0.6 is 0 Å². The van der Waals surface area contributed by atoms with Crippen molar-refractivity contribution in [3.8, 4) is 5.75 Å². The van der Waals surface area contributed by atoms with Crippen LogP contribution in [-0.4, -0.2) is 38.6 Å². The minimum Gasteiger partial charge on any atom is -0.406 e. The van der Waals surface area contributed by atoms with Crippen LogP contribution in [0, 0.1) is 0 Å². The normalized spacial score (nSPS) is 14.0. The van der Waals surface area contributed by atoms with Gasteiger partial charge in [0, 0.05) is 12.7 Å². The predicted molar refractivity (Wildman–Crippen MR) is 100 cm³/mol. The summed E-state index contributed by atoms with van der Waals surface area (Å²) in [7, 11) is -2.55. The Kier molecular flexibility index (Phi) is 5.85. The van der Waals surface area contributed by atoms with E-state index in [9.17, 15) is 26.4 Å². The van der Waals surface area contributed by atoms with Gasteiger partial charge in [-0.1, -0.05) is 6.07 Å². The van der Waals surface area contributed by atoms with E-state index >= 15 is 0 Å². The van der Waals surface area contributed by atoms with Gasteiger partial charge >= 0.3 is 6.36 Å². The second-order valence-electron chi connectivity index (χ2n) is 6.67.